The molecule has 2 aliphatic rings. The van der Waals surface area contributed by atoms with Crippen molar-refractivity contribution >= 4 is 6.01 Å². The molecule has 0 unspecified atom stereocenters. The Labute approximate surface area is 149 Å². The van der Waals surface area contributed by atoms with Crippen molar-refractivity contribution in [2.45, 2.75) is 45.8 Å². The number of alkyl halides is 3. The van der Waals surface area contributed by atoms with Gasteiger partial charge in [0.15, 0.2) is 12.4 Å². The second-order valence-corrected chi connectivity index (χ2v) is 7.79. The highest BCUT2D eigenvalue weighted by Crippen LogP contribution is 2.45. The van der Waals surface area contributed by atoms with Gasteiger partial charge >= 0.3 is 12.2 Å². The minimum absolute atomic E-state index is 0.0117. The minimum atomic E-state index is -4.36. The van der Waals surface area contributed by atoms with Crippen LogP contribution in [0.1, 0.15) is 45.5 Å². The lowest BCUT2D eigenvalue weighted by Gasteiger charge is -2.39. The molecule has 1 aromatic heterocycles. The van der Waals surface area contributed by atoms with E-state index in [1.165, 1.54) is 0 Å². The summed E-state index contributed by atoms with van der Waals surface area (Å²) in [6.07, 6.45) is 1.11. The van der Waals surface area contributed by atoms with Crippen LogP contribution in [0.3, 0.4) is 0 Å². The Morgan fingerprint density at radius 3 is 2.54 bits per heavy atom. The molecule has 144 valence electrons. The van der Waals surface area contributed by atoms with E-state index in [0.29, 0.717) is 18.1 Å². The van der Waals surface area contributed by atoms with Crippen molar-refractivity contribution in [1.82, 2.24) is 15.0 Å². The highest BCUT2D eigenvalue weighted by atomic mass is 19.4. The molecule has 1 fully saturated rings. The highest BCUT2D eigenvalue weighted by Gasteiger charge is 2.39. The van der Waals surface area contributed by atoms with Gasteiger partial charge < -0.3 is 19.9 Å². The monoisotopic (exact) mass is 372 g/mol. The van der Waals surface area contributed by atoms with Crippen LogP contribution in [0, 0.1) is 11.3 Å². The zero-order valence-corrected chi connectivity index (χ0v) is 15.0. The summed E-state index contributed by atoms with van der Waals surface area (Å²) >= 11 is 0. The lowest BCUT2D eigenvalue weighted by Crippen LogP contribution is -2.36. The minimum Gasteiger partial charge on any atom is -0.484 e. The van der Waals surface area contributed by atoms with E-state index in [9.17, 15) is 13.2 Å². The first-order valence-corrected chi connectivity index (χ1v) is 8.51. The number of hydrogen-bond donors (Lipinski definition) is 1. The molecule has 0 radical (unpaired) electrons. The summed E-state index contributed by atoms with van der Waals surface area (Å²) in [5, 5.41) is 3.95. The van der Waals surface area contributed by atoms with Gasteiger partial charge in [-0.3, -0.25) is 0 Å². The average molecular weight is 372 g/mol. The predicted molar refractivity (Wildman–Crippen MR) is 88.5 cm³/mol. The number of allylic oxidation sites excluding steroid dienone is 1. The topological polar surface area (TPSA) is 77.4 Å². The zero-order chi connectivity index (χ0) is 19.1. The second kappa shape index (κ2) is 6.51. The van der Waals surface area contributed by atoms with E-state index in [1.54, 1.807) is 6.08 Å². The number of ether oxygens (including phenoxy) is 1. The third kappa shape index (κ3) is 4.31. The van der Waals surface area contributed by atoms with Crippen molar-refractivity contribution in [3.05, 3.63) is 29.4 Å². The summed E-state index contributed by atoms with van der Waals surface area (Å²) < 4.78 is 47.5. The Morgan fingerprint density at radius 1 is 1.35 bits per heavy atom. The van der Waals surface area contributed by atoms with Gasteiger partial charge in [0.25, 0.3) is 0 Å². The maximum absolute atomic E-state index is 12.5. The summed E-state index contributed by atoms with van der Waals surface area (Å²) in [6.45, 7) is 5.21. The fourth-order valence-electron chi connectivity index (χ4n) is 3.18. The SMILES string of the molecule is CC(C)(C)[C@@H](c1noc(N)n1)N1C=C(C2CC2)C(OCC(F)(F)F)=CC1. The van der Waals surface area contributed by atoms with Gasteiger partial charge in [0, 0.05) is 18.3 Å². The first kappa shape index (κ1) is 18.6. The Bertz CT molecular complexity index is 714. The molecule has 1 aliphatic heterocycles. The van der Waals surface area contributed by atoms with Crippen LogP contribution in [0.25, 0.3) is 0 Å². The molecule has 26 heavy (non-hydrogen) atoms. The van der Waals surface area contributed by atoms with Crippen molar-refractivity contribution in [2.75, 3.05) is 18.9 Å². The molecule has 3 rings (SSSR count). The van der Waals surface area contributed by atoms with E-state index in [-0.39, 0.29) is 23.4 Å². The Balaban J connectivity index is 1.85. The van der Waals surface area contributed by atoms with Crippen molar-refractivity contribution < 1.29 is 22.4 Å². The lowest BCUT2D eigenvalue weighted by molar-refractivity contribution is -0.164. The molecule has 0 bridgehead atoms. The predicted octanol–water partition coefficient (Wildman–Crippen LogP) is 3.81. The van der Waals surface area contributed by atoms with E-state index in [1.807, 2.05) is 31.9 Å². The molecule has 2 heterocycles. The largest absolute Gasteiger partial charge is 0.484 e. The van der Waals surface area contributed by atoms with Gasteiger partial charge in [-0.05, 0) is 30.3 Å². The number of nitrogens with zero attached hydrogens (tertiary/aromatic N) is 3. The van der Waals surface area contributed by atoms with Gasteiger partial charge in [-0.15, -0.1) is 0 Å². The number of halogens is 3. The van der Waals surface area contributed by atoms with E-state index in [4.69, 9.17) is 15.0 Å². The Kier molecular flexibility index (Phi) is 4.66. The molecular formula is C17H23F3N4O2. The molecule has 1 aliphatic carbocycles. The van der Waals surface area contributed by atoms with Gasteiger partial charge in [0.05, 0.1) is 6.04 Å². The molecule has 1 saturated carbocycles. The molecular weight excluding hydrogens is 349 g/mol. The summed E-state index contributed by atoms with van der Waals surface area (Å²) in [7, 11) is 0. The Hall–Kier alpha value is -2.19. The number of aromatic nitrogens is 2. The highest BCUT2D eigenvalue weighted by molar-refractivity contribution is 5.35. The van der Waals surface area contributed by atoms with E-state index in [0.717, 1.165) is 18.4 Å². The third-order valence-corrected chi connectivity index (χ3v) is 4.34. The quantitative estimate of drug-likeness (QED) is 0.847. The maximum atomic E-state index is 12.5. The van der Waals surface area contributed by atoms with Crippen LogP contribution >= 0.6 is 0 Å². The molecule has 2 N–H and O–H groups in total. The zero-order valence-electron chi connectivity index (χ0n) is 15.0. The van der Waals surface area contributed by atoms with Crippen LogP contribution in [0.4, 0.5) is 19.2 Å². The number of nitrogens with two attached hydrogens (primary N) is 1. The number of hydrogen-bond acceptors (Lipinski definition) is 6. The van der Waals surface area contributed by atoms with E-state index >= 15 is 0 Å². The number of rotatable bonds is 5. The summed E-state index contributed by atoms with van der Waals surface area (Å²) in [5.74, 6) is 1.00. The first-order valence-electron chi connectivity index (χ1n) is 8.51. The van der Waals surface area contributed by atoms with Gasteiger partial charge in [-0.2, -0.15) is 18.2 Å². The van der Waals surface area contributed by atoms with Gasteiger partial charge in [0.2, 0.25) is 0 Å². The fourth-order valence-corrected chi connectivity index (χ4v) is 3.18. The lowest BCUT2D eigenvalue weighted by atomic mass is 9.84. The van der Waals surface area contributed by atoms with Gasteiger partial charge in [0.1, 0.15) is 5.76 Å². The fraction of sp³-hybridized carbons (Fsp3) is 0.647. The molecule has 0 saturated heterocycles. The van der Waals surface area contributed by atoms with Crippen LogP contribution < -0.4 is 5.73 Å². The normalized spacial score (nSPS) is 19.8. The van der Waals surface area contributed by atoms with Crippen molar-refractivity contribution in [3.8, 4) is 0 Å². The van der Waals surface area contributed by atoms with Crippen molar-refractivity contribution in [1.29, 1.82) is 0 Å². The first-order chi connectivity index (χ1) is 12.0. The second-order valence-electron chi connectivity index (χ2n) is 7.79. The van der Waals surface area contributed by atoms with Crippen LogP contribution in [0.15, 0.2) is 28.1 Å². The van der Waals surface area contributed by atoms with Crippen molar-refractivity contribution in [2.24, 2.45) is 11.3 Å². The van der Waals surface area contributed by atoms with Crippen LogP contribution in [0.2, 0.25) is 0 Å². The van der Waals surface area contributed by atoms with Gasteiger partial charge in [-0.25, -0.2) is 0 Å². The van der Waals surface area contributed by atoms with E-state index < -0.39 is 12.8 Å². The molecule has 0 spiro atoms. The third-order valence-electron chi connectivity index (χ3n) is 4.34. The standard InChI is InChI=1S/C17H23F3N4O2/c1-16(2,3)13(14-22-15(21)26-23-14)24-7-6-12(25-9-17(18,19)20)11(8-24)10-4-5-10/h6,8,10,13H,4-5,7,9H2,1-3H3,(H2,21,22,23)/t13-/m1/s1. The molecule has 0 amide bonds. The smallest absolute Gasteiger partial charge is 0.422 e. The van der Waals surface area contributed by atoms with E-state index in [2.05, 4.69) is 10.1 Å². The molecule has 0 aromatic carbocycles. The molecule has 9 heteroatoms. The molecule has 6 nitrogen and oxygen atoms in total. The van der Waals surface area contributed by atoms with Crippen LogP contribution in [0.5, 0.6) is 0 Å². The van der Waals surface area contributed by atoms with Crippen molar-refractivity contribution in [3.63, 3.8) is 0 Å². The summed E-state index contributed by atoms with van der Waals surface area (Å²) in [5.41, 5.74) is 6.11. The van der Waals surface area contributed by atoms with Gasteiger partial charge in [-0.1, -0.05) is 25.9 Å². The van der Waals surface area contributed by atoms with Crippen LogP contribution in [-0.2, 0) is 4.74 Å². The summed E-state index contributed by atoms with van der Waals surface area (Å²) in [6, 6.07) is -0.250. The number of anilines is 1. The molecule has 1 atom stereocenters. The molecule has 1 aromatic rings. The Morgan fingerprint density at radius 2 is 2.04 bits per heavy atom. The average Bonchev–Trinajstić information content (AvgIpc) is 3.27. The maximum Gasteiger partial charge on any atom is 0.422 e. The number of nitrogen functional groups attached to an aromatic ring is 1. The van der Waals surface area contributed by atoms with Crippen LogP contribution in [-0.4, -0.2) is 34.4 Å². The summed E-state index contributed by atoms with van der Waals surface area (Å²) in [4.78, 5) is 6.17.